The molecule has 1 spiro atoms. The number of piperidine rings is 1. The number of nitriles is 1. The van der Waals surface area contributed by atoms with E-state index in [1.165, 1.54) is 41.2 Å². The van der Waals surface area contributed by atoms with Crippen LogP contribution in [0, 0.1) is 38.6 Å². The number of H-pyrrole nitrogens is 1. The molecule has 1 amide bonds. The van der Waals surface area contributed by atoms with E-state index in [9.17, 15) is 38.1 Å². The number of nitrogens with zero attached hydrogens (tertiary/aromatic N) is 7. The van der Waals surface area contributed by atoms with Gasteiger partial charge in [-0.2, -0.15) is 5.26 Å². The summed E-state index contributed by atoms with van der Waals surface area (Å²) in [5.41, 5.74) is 4.38. The molecule has 0 radical (unpaired) electrons. The minimum Gasteiger partial charge on any atom is -0.455 e. The van der Waals surface area contributed by atoms with Gasteiger partial charge < -0.3 is 25.0 Å². The SMILES string of the molecule is CC(C)c1ccccc1[C@@H]1CN(Cc2ccc(C#N)cc2)CCN1C1CC2(CCN(c3ccc(C(=O)NS(=O)(=O)c4cnc(NCC5CCC(C)(O)CC5)c([N+](=O)[O-])c4)c(Oc4cnc5[nH]cc(F)c5c4)c3)CC2)C1. The van der Waals surface area contributed by atoms with E-state index < -0.39 is 42.9 Å². The number of benzene rings is 3. The van der Waals surface area contributed by atoms with Crippen molar-refractivity contribution < 1.29 is 32.4 Å². The number of hydrogen-bond donors (Lipinski definition) is 4. The number of nitro groups is 1. The fourth-order valence-electron chi connectivity index (χ4n) is 11.8. The second-order valence-electron chi connectivity index (χ2n) is 21.7. The third-order valence-electron chi connectivity index (χ3n) is 16.2. The van der Waals surface area contributed by atoms with E-state index in [4.69, 9.17) is 4.74 Å². The molecule has 2 saturated carbocycles. The Bertz CT molecular complexity index is 3240. The average Bonchev–Trinajstić information content (AvgIpc) is 3.78. The number of halogens is 1. The predicted octanol–water partition coefficient (Wildman–Crippen LogP) is 9.57. The average molecular weight is 1040 g/mol. The molecule has 0 unspecified atom stereocenters. The standard InChI is InChI=1S/C56H63FN10O7S/c1-36(2)44-6-4-5-7-45(44)50-35-64(34-39-10-8-37(29-58)9-11-39)22-23-66(50)41-27-56(28-41)18-20-65(21-19-56)40-12-13-46(51(24-40)74-42-25-47-48(57)33-62-52(47)60-31-42)54(68)63-75(72,73)43-26-49(67(70)71)53(61-32-43)59-30-38-14-16-55(3,69)17-15-38/h4-13,24-26,31-33,36,38,41,50,69H,14-23,27-28,30,34-35H2,1-3H3,(H,59,61)(H,60,62)(H,63,68)/t38?,50-,55?/m0/s1. The van der Waals surface area contributed by atoms with Crippen LogP contribution in [0.3, 0.4) is 0 Å². The number of sulfonamides is 1. The molecule has 10 rings (SSSR count). The number of aromatic nitrogens is 3. The lowest BCUT2D eigenvalue weighted by atomic mass is 9.59. The van der Waals surface area contributed by atoms with Crippen molar-refractivity contribution in [2.75, 3.05) is 49.5 Å². The largest absolute Gasteiger partial charge is 0.455 e. The van der Waals surface area contributed by atoms with Gasteiger partial charge in [0.05, 0.1) is 45.5 Å². The summed E-state index contributed by atoms with van der Waals surface area (Å²) in [5.74, 6) is -1.09. The molecule has 2 aliphatic heterocycles. The number of aliphatic hydroxyl groups is 1. The normalized spacial score (nSPS) is 21.4. The van der Waals surface area contributed by atoms with Gasteiger partial charge >= 0.3 is 5.69 Å². The van der Waals surface area contributed by atoms with Crippen LogP contribution < -0.4 is 19.7 Å². The van der Waals surface area contributed by atoms with Crippen LogP contribution in [0.1, 0.15) is 117 Å². The van der Waals surface area contributed by atoms with Gasteiger partial charge in [-0.25, -0.2) is 27.5 Å². The van der Waals surface area contributed by atoms with E-state index >= 15 is 0 Å². The van der Waals surface area contributed by atoms with Gasteiger partial charge in [0, 0.05) is 81.9 Å². The maximum absolute atomic E-state index is 14.7. The van der Waals surface area contributed by atoms with Crippen molar-refractivity contribution in [2.45, 2.75) is 107 Å². The molecule has 4 fully saturated rings. The number of nitrogens with one attached hydrogen (secondary N) is 3. The first kappa shape index (κ1) is 51.5. The zero-order valence-electron chi connectivity index (χ0n) is 42.5. The number of ether oxygens (including phenoxy) is 1. The molecule has 2 saturated heterocycles. The summed E-state index contributed by atoms with van der Waals surface area (Å²) in [6, 6.07) is 26.9. The van der Waals surface area contributed by atoms with E-state index in [2.05, 4.69) is 96.0 Å². The van der Waals surface area contributed by atoms with Gasteiger partial charge in [-0.05, 0) is 123 Å². The maximum Gasteiger partial charge on any atom is 0.312 e. The van der Waals surface area contributed by atoms with Gasteiger partial charge in [-0.15, -0.1) is 0 Å². The smallest absolute Gasteiger partial charge is 0.312 e. The highest BCUT2D eigenvalue weighted by molar-refractivity contribution is 7.90. The van der Waals surface area contributed by atoms with Crippen molar-refractivity contribution >= 4 is 44.2 Å². The minimum absolute atomic E-state index is 0.000197. The predicted molar refractivity (Wildman–Crippen MR) is 282 cm³/mol. The Kier molecular flexibility index (Phi) is 14.4. The lowest BCUT2D eigenvalue weighted by Crippen LogP contribution is -2.60. The number of fused-ring (bicyclic) bond motifs is 1. The number of hydrogen-bond acceptors (Lipinski definition) is 14. The number of pyridine rings is 2. The molecule has 75 heavy (non-hydrogen) atoms. The van der Waals surface area contributed by atoms with Crippen LogP contribution in [0.25, 0.3) is 11.0 Å². The van der Waals surface area contributed by atoms with Crippen molar-refractivity contribution in [1.29, 1.82) is 5.26 Å². The van der Waals surface area contributed by atoms with E-state index in [1.54, 1.807) is 19.1 Å². The van der Waals surface area contributed by atoms with Gasteiger partial charge in [0.2, 0.25) is 5.82 Å². The molecule has 3 aromatic heterocycles. The fraction of sp³-hybridized carbons (Fsp3) is 0.429. The first-order valence-electron chi connectivity index (χ1n) is 25.9. The number of carbonyl (C=O) groups excluding carboxylic acids is 1. The number of piperazine rings is 1. The van der Waals surface area contributed by atoms with Gasteiger partial charge in [-0.3, -0.25) is 24.7 Å². The summed E-state index contributed by atoms with van der Waals surface area (Å²) in [7, 11) is -4.71. The molecule has 2 aliphatic carbocycles. The molecule has 392 valence electrons. The van der Waals surface area contributed by atoms with Gasteiger partial charge in [0.1, 0.15) is 27.9 Å². The molecule has 4 aliphatic rings. The summed E-state index contributed by atoms with van der Waals surface area (Å²) in [4.78, 5) is 43.6. The second kappa shape index (κ2) is 21.0. The number of anilines is 2. The first-order chi connectivity index (χ1) is 35.9. The molecular formula is C56H63FN10O7S. The molecule has 4 N–H and O–H groups in total. The Hall–Kier alpha value is -6.98. The zero-order valence-corrected chi connectivity index (χ0v) is 43.3. The highest BCUT2D eigenvalue weighted by atomic mass is 32.2. The number of aromatic amines is 1. The lowest BCUT2D eigenvalue weighted by molar-refractivity contribution is -0.384. The summed E-state index contributed by atoms with van der Waals surface area (Å²) in [6.07, 6.45) is 10.2. The number of rotatable bonds is 15. The molecule has 1 atom stereocenters. The highest BCUT2D eigenvalue weighted by Crippen LogP contribution is 2.53. The fourth-order valence-corrected chi connectivity index (χ4v) is 12.7. The lowest BCUT2D eigenvalue weighted by Gasteiger charge is -2.58. The van der Waals surface area contributed by atoms with Crippen LogP contribution in [0.2, 0.25) is 0 Å². The third-order valence-corrected chi connectivity index (χ3v) is 17.5. The van der Waals surface area contributed by atoms with Crippen LogP contribution in [0.4, 0.5) is 21.6 Å². The van der Waals surface area contributed by atoms with Crippen molar-refractivity contribution in [2.24, 2.45) is 11.3 Å². The molecular weight excluding hydrogens is 976 g/mol. The van der Waals surface area contributed by atoms with Crippen molar-refractivity contribution in [3.8, 4) is 17.6 Å². The second-order valence-corrected chi connectivity index (χ2v) is 23.4. The van der Waals surface area contributed by atoms with Crippen LogP contribution in [-0.4, -0.2) is 100 Å². The summed E-state index contributed by atoms with van der Waals surface area (Å²) in [5, 5.41) is 35.0. The van der Waals surface area contributed by atoms with Crippen LogP contribution in [0.5, 0.6) is 11.5 Å². The number of carbonyl (C=O) groups is 1. The van der Waals surface area contributed by atoms with Crippen LogP contribution in [0.15, 0.2) is 102 Å². The first-order valence-corrected chi connectivity index (χ1v) is 27.4. The Labute approximate surface area is 436 Å². The molecule has 6 aromatic rings. The molecule has 3 aromatic carbocycles. The summed E-state index contributed by atoms with van der Waals surface area (Å²) < 4.78 is 50.7. The van der Waals surface area contributed by atoms with E-state index in [0.29, 0.717) is 55.4 Å². The maximum atomic E-state index is 14.7. The van der Waals surface area contributed by atoms with E-state index in [-0.39, 0.29) is 45.6 Å². The molecule has 0 bridgehead atoms. The number of amides is 1. The highest BCUT2D eigenvalue weighted by Gasteiger charge is 2.50. The van der Waals surface area contributed by atoms with Crippen LogP contribution >= 0.6 is 0 Å². The van der Waals surface area contributed by atoms with Crippen molar-refractivity contribution in [1.82, 2.24) is 29.5 Å². The molecule has 19 heteroatoms. The van der Waals surface area contributed by atoms with Gasteiger partial charge in [0.15, 0.2) is 0 Å². The zero-order chi connectivity index (χ0) is 52.6. The molecule has 17 nitrogen and oxygen atoms in total. The third kappa shape index (κ3) is 11.2. The molecule has 5 heterocycles. The topological polar surface area (TPSA) is 223 Å². The minimum atomic E-state index is -4.71. The van der Waals surface area contributed by atoms with Crippen LogP contribution in [-0.2, 0) is 16.6 Å². The Balaban J connectivity index is 0.838. The van der Waals surface area contributed by atoms with E-state index in [0.717, 1.165) is 82.9 Å². The Morgan fingerprint density at radius 1 is 1.00 bits per heavy atom. The monoisotopic (exact) mass is 1040 g/mol. The van der Waals surface area contributed by atoms with Gasteiger partial charge in [0.25, 0.3) is 15.9 Å². The Morgan fingerprint density at radius 2 is 1.75 bits per heavy atom. The van der Waals surface area contributed by atoms with E-state index in [1.807, 2.05) is 12.1 Å². The quantitative estimate of drug-likeness (QED) is 0.0556. The summed E-state index contributed by atoms with van der Waals surface area (Å²) in [6.45, 7) is 11.8. The Morgan fingerprint density at radius 3 is 2.47 bits per heavy atom. The summed E-state index contributed by atoms with van der Waals surface area (Å²) >= 11 is 0. The van der Waals surface area contributed by atoms with Crippen molar-refractivity contribution in [3.63, 3.8) is 0 Å². The van der Waals surface area contributed by atoms with Crippen molar-refractivity contribution in [3.05, 3.63) is 141 Å². The van der Waals surface area contributed by atoms with Gasteiger partial charge in [-0.1, -0.05) is 50.2 Å².